The number of rotatable bonds is 3. The summed E-state index contributed by atoms with van der Waals surface area (Å²) in [5, 5.41) is 2.42. The second-order valence-electron chi connectivity index (χ2n) is 4.23. The number of aryl methyl sites for hydroxylation is 1. The summed E-state index contributed by atoms with van der Waals surface area (Å²) in [6.07, 6.45) is 5.01. The number of imide groups is 1. The molecule has 0 saturated carbocycles. The summed E-state index contributed by atoms with van der Waals surface area (Å²) in [6, 6.07) is 5.01. The molecule has 1 aliphatic rings. The highest BCUT2D eigenvalue weighted by Gasteiger charge is 2.36. The Kier molecular flexibility index (Phi) is 3.34. The Morgan fingerprint density at radius 2 is 2.00 bits per heavy atom. The van der Waals surface area contributed by atoms with E-state index in [1.54, 1.807) is 18.2 Å². The van der Waals surface area contributed by atoms with Crippen molar-refractivity contribution in [2.75, 3.05) is 13.1 Å². The molecular formula is C14H12N2O3. The Bertz CT molecular complexity index is 614. The lowest BCUT2D eigenvalue weighted by atomic mass is 10.1. The average Bonchev–Trinajstić information content (AvgIpc) is 2.61. The molecule has 1 N–H and O–H groups in total. The first-order valence-electron chi connectivity index (χ1n) is 5.71. The van der Waals surface area contributed by atoms with Gasteiger partial charge in [0.15, 0.2) is 0 Å². The van der Waals surface area contributed by atoms with Crippen molar-refractivity contribution in [2.24, 2.45) is 0 Å². The molecule has 1 aromatic rings. The molecular weight excluding hydrogens is 244 g/mol. The van der Waals surface area contributed by atoms with Gasteiger partial charge in [0, 0.05) is 0 Å². The maximum Gasteiger partial charge on any atom is 0.262 e. The average molecular weight is 256 g/mol. The lowest BCUT2D eigenvalue weighted by molar-refractivity contribution is -0.121. The van der Waals surface area contributed by atoms with E-state index in [9.17, 15) is 14.4 Å². The number of carbonyl (C=O) groups excluding carboxylic acids is 3. The summed E-state index contributed by atoms with van der Waals surface area (Å²) in [5.41, 5.74) is 1.56. The molecule has 5 nitrogen and oxygen atoms in total. The second kappa shape index (κ2) is 4.94. The second-order valence-corrected chi connectivity index (χ2v) is 4.23. The predicted octanol–water partition coefficient (Wildman–Crippen LogP) is 0.340. The number of fused-ring (bicyclic) bond motifs is 1. The van der Waals surface area contributed by atoms with Gasteiger partial charge in [0.2, 0.25) is 5.91 Å². The van der Waals surface area contributed by atoms with Crippen LogP contribution in [0.5, 0.6) is 0 Å². The van der Waals surface area contributed by atoms with E-state index in [1.807, 2.05) is 6.92 Å². The SMILES string of the molecule is C#CCNC(=O)CN1C(=O)c2ccc(C)cc2C1=O. The van der Waals surface area contributed by atoms with Crippen LogP contribution < -0.4 is 5.32 Å². The van der Waals surface area contributed by atoms with Crippen LogP contribution in [0, 0.1) is 19.3 Å². The van der Waals surface area contributed by atoms with E-state index in [-0.39, 0.29) is 13.1 Å². The van der Waals surface area contributed by atoms with Gasteiger partial charge in [-0.15, -0.1) is 6.42 Å². The fourth-order valence-electron chi connectivity index (χ4n) is 1.90. The van der Waals surface area contributed by atoms with Gasteiger partial charge in [0.25, 0.3) is 11.8 Å². The van der Waals surface area contributed by atoms with Crippen molar-refractivity contribution in [1.29, 1.82) is 0 Å². The molecule has 0 fully saturated rings. The van der Waals surface area contributed by atoms with Gasteiger partial charge in [-0.3, -0.25) is 19.3 Å². The fourth-order valence-corrected chi connectivity index (χ4v) is 1.90. The number of nitrogens with zero attached hydrogens (tertiary/aromatic N) is 1. The zero-order chi connectivity index (χ0) is 14.0. The smallest absolute Gasteiger partial charge is 0.262 e. The molecule has 0 aliphatic carbocycles. The normalized spacial score (nSPS) is 13.2. The van der Waals surface area contributed by atoms with Crippen LogP contribution in [0.1, 0.15) is 26.3 Å². The largest absolute Gasteiger partial charge is 0.344 e. The fraction of sp³-hybridized carbons (Fsp3) is 0.214. The standard InChI is InChI=1S/C14H12N2O3/c1-3-6-15-12(17)8-16-13(18)10-5-4-9(2)7-11(10)14(16)19/h1,4-5,7H,6,8H2,2H3,(H,15,17). The quantitative estimate of drug-likeness (QED) is 0.626. The van der Waals surface area contributed by atoms with Gasteiger partial charge in [-0.05, 0) is 19.1 Å². The van der Waals surface area contributed by atoms with Crippen molar-refractivity contribution in [1.82, 2.24) is 10.2 Å². The van der Waals surface area contributed by atoms with Crippen molar-refractivity contribution in [2.45, 2.75) is 6.92 Å². The van der Waals surface area contributed by atoms with Crippen LogP contribution in [0.15, 0.2) is 18.2 Å². The van der Waals surface area contributed by atoms with Gasteiger partial charge in [0.05, 0.1) is 17.7 Å². The molecule has 0 bridgehead atoms. The molecule has 1 heterocycles. The highest BCUT2D eigenvalue weighted by Crippen LogP contribution is 2.23. The minimum absolute atomic E-state index is 0.0705. The predicted molar refractivity (Wildman–Crippen MR) is 68.4 cm³/mol. The first-order chi connectivity index (χ1) is 9.04. The molecule has 19 heavy (non-hydrogen) atoms. The van der Waals surface area contributed by atoms with Crippen LogP contribution in [0.25, 0.3) is 0 Å². The molecule has 2 rings (SSSR count). The Morgan fingerprint density at radius 3 is 2.68 bits per heavy atom. The number of nitrogens with one attached hydrogen (secondary N) is 1. The number of hydrogen-bond donors (Lipinski definition) is 1. The van der Waals surface area contributed by atoms with Crippen molar-refractivity contribution < 1.29 is 14.4 Å². The minimum Gasteiger partial charge on any atom is -0.344 e. The summed E-state index contributed by atoms with van der Waals surface area (Å²) in [7, 11) is 0. The molecule has 0 saturated heterocycles. The number of amides is 3. The number of hydrogen-bond acceptors (Lipinski definition) is 3. The number of benzene rings is 1. The summed E-state index contributed by atoms with van der Waals surface area (Å²) < 4.78 is 0. The highest BCUT2D eigenvalue weighted by molar-refractivity contribution is 6.22. The third kappa shape index (κ3) is 2.33. The molecule has 3 amide bonds. The Morgan fingerprint density at radius 1 is 1.32 bits per heavy atom. The van der Waals surface area contributed by atoms with E-state index in [2.05, 4.69) is 11.2 Å². The maximum absolute atomic E-state index is 12.1. The van der Waals surface area contributed by atoms with Crippen LogP contribution in [0.3, 0.4) is 0 Å². The lowest BCUT2D eigenvalue weighted by Crippen LogP contribution is -2.40. The minimum atomic E-state index is -0.454. The van der Waals surface area contributed by atoms with Crippen LogP contribution in [-0.2, 0) is 4.79 Å². The van der Waals surface area contributed by atoms with E-state index in [0.717, 1.165) is 10.5 Å². The van der Waals surface area contributed by atoms with Gasteiger partial charge < -0.3 is 5.32 Å². The molecule has 96 valence electrons. The van der Waals surface area contributed by atoms with Crippen LogP contribution in [0.2, 0.25) is 0 Å². The third-order valence-corrected chi connectivity index (χ3v) is 2.82. The summed E-state index contributed by atoms with van der Waals surface area (Å²) >= 11 is 0. The summed E-state index contributed by atoms with van der Waals surface area (Å²) in [4.78, 5) is 36.5. The maximum atomic E-state index is 12.1. The molecule has 1 aliphatic heterocycles. The number of carbonyl (C=O) groups is 3. The Balaban J connectivity index is 2.19. The molecule has 5 heteroatoms. The lowest BCUT2D eigenvalue weighted by Gasteiger charge is -2.12. The first kappa shape index (κ1) is 12.8. The van der Waals surface area contributed by atoms with Crippen molar-refractivity contribution in [3.05, 3.63) is 34.9 Å². The van der Waals surface area contributed by atoms with E-state index >= 15 is 0 Å². The van der Waals surface area contributed by atoms with Crippen molar-refractivity contribution >= 4 is 17.7 Å². The van der Waals surface area contributed by atoms with E-state index in [4.69, 9.17) is 6.42 Å². The number of terminal acetylenes is 1. The zero-order valence-corrected chi connectivity index (χ0v) is 10.4. The van der Waals surface area contributed by atoms with Crippen molar-refractivity contribution in [3.63, 3.8) is 0 Å². The molecule has 0 spiro atoms. The van der Waals surface area contributed by atoms with Gasteiger partial charge in [0.1, 0.15) is 6.54 Å². The van der Waals surface area contributed by atoms with Crippen LogP contribution >= 0.6 is 0 Å². The van der Waals surface area contributed by atoms with Gasteiger partial charge in [-0.1, -0.05) is 17.6 Å². The summed E-state index contributed by atoms with van der Waals surface area (Å²) in [6.45, 7) is 1.59. The molecule has 1 aromatic carbocycles. The molecule has 0 unspecified atom stereocenters. The van der Waals surface area contributed by atoms with Gasteiger partial charge in [-0.2, -0.15) is 0 Å². The van der Waals surface area contributed by atoms with Crippen LogP contribution in [-0.4, -0.2) is 35.7 Å². The van der Waals surface area contributed by atoms with Gasteiger partial charge >= 0.3 is 0 Å². The van der Waals surface area contributed by atoms with E-state index in [1.165, 1.54) is 0 Å². The molecule has 0 atom stereocenters. The zero-order valence-electron chi connectivity index (χ0n) is 10.4. The monoisotopic (exact) mass is 256 g/mol. The van der Waals surface area contributed by atoms with Crippen molar-refractivity contribution in [3.8, 4) is 12.3 Å². The van der Waals surface area contributed by atoms with E-state index in [0.29, 0.717) is 11.1 Å². The van der Waals surface area contributed by atoms with Crippen LogP contribution in [0.4, 0.5) is 0 Å². The Labute approximate surface area is 110 Å². The van der Waals surface area contributed by atoms with E-state index < -0.39 is 17.7 Å². The first-order valence-corrected chi connectivity index (χ1v) is 5.71. The molecule has 0 aromatic heterocycles. The summed E-state index contributed by atoms with van der Waals surface area (Å²) in [5.74, 6) is 0.903. The Hall–Kier alpha value is -2.61. The highest BCUT2D eigenvalue weighted by atomic mass is 16.2. The third-order valence-electron chi connectivity index (χ3n) is 2.82. The van der Waals surface area contributed by atoms with Gasteiger partial charge in [-0.25, -0.2) is 0 Å². The topological polar surface area (TPSA) is 66.5 Å². The molecule has 0 radical (unpaired) electrons.